The summed E-state index contributed by atoms with van der Waals surface area (Å²) in [6.07, 6.45) is 1.78. The fourth-order valence-corrected chi connectivity index (χ4v) is 4.80. The van der Waals surface area contributed by atoms with Crippen LogP contribution < -0.4 is 16.2 Å². The van der Waals surface area contributed by atoms with Gasteiger partial charge in [0.15, 0.2) is 11.9 Å². The molecule has 3 N–H and O–H groups in total. The summed E-state index contributed by atoms with van der Waals surface area (Å²) < 4.78 is 13.1. The molecular weight excluding hydrogens is 380 g/mol. The van der Waals surface area contributed by atoms with E-state index in [0.29, 0.717) is 12.8 Å². The summed E-state index contributed by atoms with van der Waals surface area (Å²) in [5.41, 5.74) is 5.40. The Morgan fingerprint density at radius 3 is 2.92 bits per heavy atom. The Balaban J connectivity index is 2.02. The van der Waals surface area contributed by atoms with Gasteiger partial charge in [0, 0.05) is 6.92 Å². The molecule has 0 aliphatic carbocycles. The lowest BCUT2D eigenvalue weighted by Gasteiger charge is -2.22. The van der Waals surface area contributed by atoms with Gasteiger partial charge in [0.1, 0.15) is 10.8 Å². The second-order valence-electron chi connectivity index (χ2n) is 5.97. The van der Waals surface area contributed by atoms with E-state index in [2.05, 4.69) is 9.97 Å². The number of thioether (sulfide) groups is 1. The molecule has 0 amide bonds. The first-order chi connectivity index (χ1) is 12.3. The number of nitrogens with two attached hydrogens (primary N) is 1. The molecule has 0 bridgehead atoms. The van der Waals surface area contributed by atoms with Gasteiger partial charge in [-0.2, -0.15) is 16.7 Å². The number of carbonyl (C=O) groups is 1. The van der Waals surface area contributed by atoms with Crippen LogP contribution in [0.3, 0.4) is 0 Å². The first kappa shape index (κ1) is 18.9. The van der Waals surface area contributed by atoms with Crippen LogP contribution in [0.2, 0.25) is 0 Å². The molecule has 0 saturated carbocycles. The quantitative estimate of drug-likeness (QED) is 0.714. The molecule has 2 aromatic heterocycles. The smallest absolute Gasteiger partial charge is 0.311 e. The molecule has 3 heterocycles. The third kappa shape index (κ3) is 3.38. The van der Waals surface area contributed by atoms with Crippen LogP contribution in [0.25, 0.3) is 10.3 Å². The SMILES string of the molecule is CCC(OC(C)=O)[C@@H]1C[C@@H](SC)C(n2c(=O)sc3c(=O)[nH]c(N)nc32)O1. The maximum absolute atomic E-state index is 12.5. The minimum Gasteiger partial charge on any atom is -0.460 e. The van der Waals surface area contributed by atoms with E-state index < -0.39 is 17.9 Å². The third-order valence-electron chi connectivity index (χ3n) is 4.28. The van der Waals surface area contributed by atoms with Crippen molar-refractivity contribution < 1.29 is 14.3 Å². The maximum Gasteiger partial charge on any atom is 0.311 e. The number of carbonyl (C=O) groups excluding carboxylic acids is 1. The third-order valence-corrected chi connectivity index (χ3v) is 6.25. The fraction of sp³-hybridized carbons (Fsp3) is 0.600. The highest BCUT2D eigenvalue weighted by atomic mass is 32.2. The number of aromatic amines is 1. The molecule has 0 spiro atoms. The number of nitrogen functional groups attached to an aromatic ring is 1. The molecule has 0 radical (unpaired) electrons. The van der Waals surface area contributed by atoms with Crippen LogP contribution >= 0.6 is 23.1 Å². The number of hydrogen-bond donors (Lipinski definition) is 2. The van der Waals surface area contributed by atoms with E-state index in [-0.39, 0.29) is 38.5 Å². The van der Waals surface area contributed by atoms with E-state index >= 15 is 0 Å². The number of thiazole rings is 1. The van der Waals surface area contributed by atoms with E-state index in [4.69, 9.17) is 15.2 Å². The fourth-order valence-electron chi connectivity index (χ4n) is 3.15. The van der Waals surface area contributed by atoms with Gasteiger partial charge in [-0.1, -0.05) is 18.3 Å². The van der Waals surface area contributed by atoms with Gasteiger partial charge in [0.25, 0.3) is 5.56 Å². The highest BCUT2D eigenvalue weighted by Gasteiger charge is 2.42. The first-order valence-electron chi connectivity index (χ1n) is 8.12. The summed E-state index contributed by atoms with van der Waals surface area (Å²) in [7, 11) is 0. The number of H-pyrrole nitrogens is 1. The monoisotopic (exact) mass is 400 g/mol. The van der Waals surface area contributed by atoms with Crippen molar-refractivity contribution in [3.05, 3.63) is 20.0 Å². The summed E-state index contributed by atoms with van der Waals surface area (Å²) in [5, 5.41) is -0.0533. The highest BCUT2D eigenvalue weighted by Crippen LogP contribution is 2.39. The number of fused-ring (bicyclic) bond motifs is 1. The largest absolute Gasteiger partial charge is 0.460 e. The Morgan fingerprint density at radius 2 is 2.31 bits per heavy atom. The van der Waals surface area contributed by atoms with Crippen LogP contribution in [0.5, 0.6) is 0 Å². The van der Waals surface area contributed by atoms with E-state index in [0.717, 1.165) is 11.3 Å². The van der Waals surface area contributed by atoms with Crippen LogP contribution in [0.15, 0.2) is 9.59 Å². The van der Waals surface area contributed by atoms with Gasteiger partial charge in [0.2, 0.25) is 5.95 Å². The van der Waals surface area contributed by atoms with Gasteiger partial charge in [0.05, 0.1) is 11.4 Å². The summed E-state index contributed by atoms with van der Waals surface area (Å²) in [4.78, 5) is 42.1. The Morgan fingerprint density at radius 1 is 1.58 bits per heavy atom. The Kier molecular flexibility index (Phi) is 5.39. The number of nitrogens with one attached hydrogen (secondary N) is 1. The zero-order valence-electron chi connectivity index (χ0n) is 14.6. The predicted octanol–water partition coefficient (Wildman–Crippen LogP) is 1.09. The summed E-state index contributed by atoms with van der Waals surface area (Å²) in [5.74, 6) is -0.431. The highest BCUT2D eigenvalue weighted by molar-refractivity contribution is 7.99. The summed E-state index contributed by atoms with van der Waals surface area (Å²) >= 11 is 2.36. The average Bonchev–Trinajstić information content (AvgIpc) is 3.12. The van der Waals surface area contributed by atoms with E-state index in [1.165, 1.54) is 11.5 Å². The standard InChI is InChI=1S/C15H20N4O5S2/c1-4-7(23-6(2)20)8-5-9(25-3)13(24-8)19-11-10(26-15(19)22)12(21)18-14(16)17-11/h7-9,13H,4-5H2,1-3H3,(H3,16,17,18,21)/t7?,8-,9+,13?/m0/s1. The Labute approximate surface area is 156 Å². The van der Waals surface area contributed by atoms with Crippen molar-refractivity contribution in [2.45, 2.75) is 50.4 Å². The maximum atomic E-state index is 12.5. The van der Waals surface area contributed by atoms with Crippen LogP contribution in [-0.4, -0.2) is 44.2 Å². The van der Waals surface area contributed by atoms with Gasteiger partial charge in [-0.05, 0) is 19.1 Å². The van der Waals surface area contributed by atoms with E-state index in [1.54, 1.807) is 11.8 Å². The van der Waals surface area contributed by atoms with Crippen LogP contribution in [0.4, 0.5) is 5.95 Å². The zero-order valence-corrected chi connectivity index (χ0v) is 16.2. The lowest BCUT2D eigenvalue weighted by Crippen LogP contribution is -2.31. The van der Waals surface area contributed by atoms with Gasteiger partial charge in [-0.15, -0.1) is 0 Å². The molecule has 1 saturated heterocycles. The van der Waals surface area contributed by atoms with Crippen molar-refractivity contribution in [1.29, 1.82) is 0 Å². The summed E-state index contributed by atoms with van der Waals surface area (Å²) in [6.45, 7) is 3.27. The summed E-state index contributed by atoms with van der Waals surface area (Å²) in [6, 6.07) is 0. The van der Waals surface area contributed by atoms with Crippen molar-refractivity contribution in [2.24, 2.45) is 0 Å². The second-order valence-corrected chi connectivity index (χ2v) is 8.01. The molecule has 9 nitrogen and oxygen atoms in total. The Hall–Kier alpha value is -1.85. The zero-order chi connectivity index (χ0) is 19.0. The molecule has 1 fully saturated rings. The topological polar surface area (TPSA) is 129 Å². The van der Waals surface area contributed by atoms with Crippen molar-refractivity contribution in [1.82, 2.24) is 14.5 Å². The molecule has 1 aliphatic heterocycles. The first-order valence-corrected chi connectivity index (χ1v) is 10.2. The normalized spacial score (nSPS) is 24.0. The van der Waals surface area contributed by atoms with Crippen LogP contribution in [0.1, 0.15) is 32.9 Å². The van der Waals surface area contributed by atoms with Crippen molar-refractivity contribution >= 4 is 45.4 Å². The molecule has 11 heteroatoms. The molecule has 26 heavy (non-hydrogen) atoms. The number of nitrogens with zero attached hydrogens (tertiary/aromatic N) is 2. The molecule has 4 atom stereocenters. The molecule has 0 aromatic carbocycles. The van der Waals surface area contributed by atoms with Crippen molar-refractivity contribution in [3.8, 4) is 0 Å². The average molecular weight is 400 g/mol. The number of aromatic nitrogens is 3. The molecule has 2 aromatic rings. The molecule has 142 valence electrons. The molecule has 1 aliphatic rings. The van der Waals surface area contributed by atoms with Crippen LogP contribution in [0, 0.1) is 0 Å². The number of ether oxygens (including phenoxy) is 2. The van der Waals surface area contributed by atoms with E-state index in [1.807, 2.05) is 13.2 Å². The van der Waals surface area contributed by atoms with Crippen molar-refractivity contribution in [3.63, 3.8) is 0 Å². The lowest BCUT2D eigenvalue weighted by molar-refractivity contribution is -0.156. The minimum atomic E-state index is -0.616. The van der Waals surface area contributed by atoms with Crippen molar-refractivity contribution in [2.75, 3.05) is 12.0 Å². The number of esters is 1. The van der Waals surface area contributed by atoms with E-state index in [9.17, 15) is 14.4 Å². The Bertz CT molecular complexity index is 936. The number of anilines is 1. The predicted molar refractivity (Wildman–Crippen MR) is 101 cm³/mol. The van der Waals surface area contributed by atoms with Gasteiger partial charge in [-0.25, -0.2) is 0 Å². The molecule has 2 unspecified atom stereocenters. The molecular formula is C15H20N4O5S2. The second kappa shape index (κ2) is 7.41. The van der Waals surface area contributed by atoms with Crippen LogP contribution in [-0.2, 0) is 14.3 Å². The lowest BCUT2D eigenvalue weighted by atomic mass is 10.1. The van der Waals surface area contributed by atoms with Gasteiger partial charge >= 0.3 is 10.8 Å². The number of hydrogen-bond acceptors (Lipinski definition) is 9. The van der Waals surface area contributed by atoms with Gasteiger partial charge < -0.3 is 15.2 Å². The van der Waals surface area contributed by atoms with Gasteiger partial charge in [-0.3, -0.25) is 23.9 Å². The molecule has 3 rings (SSSR count). The number of rotatable bonds is 5. The minimum absolute atomic E-state index is 0.0533.